The largest absolute Gasteiger partial charge is 0.481 e. The second kappa shape index (κ2) is 5.37. The van der Waals surface area contributed by atoms with Crippen LogP contribution in [0, 0.1) is 5.92 Å². The number of rotatable bonds is 4. The lowest BCUT2D eigenvalue weighted by Gasteiger charge is -2.16. The Kier molecular flexibility index (Phi) is 3.64. The monoisotopic (exact) mass is 247 g/mol. The van der Waals surface area contributed by atoms with E-state index in [0.29, 0.717) is 25.4 Å². The Morgan fingerprint density at radius 1 is 1.72 bits per heavy atom. The topological polar surface area (TPSA) is 91.2 Å². The zero-order valence-corrected chi connectivity index (χ0v) is 9.98. The summed E-state index contributed by atoms with van der Waals surface area (Å²) in [4.78, 5) is 20.3. The first-order valence-electron chi connectivity index (χ1n) is 5.56. The van der Waals surface area contributed by atoms with Crippen LogP contribution in [0.25, 0.3) is 10.4 Å². The standard InChI is InChI=1S/C11H13N5O2/c1-18-10-5-9(2-3-13-10)16-7-8(4-11(16)17)6-14-15-12/h2-3,5,8H,4,6-7H2,1H3. The Balaban J connectivity index is 2.13. The molecule has 0 aromatic carbocycles. The van der Waals surface area contributed by atoms with E-state index in [9.17, 15) is 4.79 Å². The first kappa shape index (κ1) is 12.2. The molecule has 1 aliphatic heterocycles. The number of aromatic nitrogens is 1. The van der Waals surface area contributed by atoms with Gasteiger partial charge in [-0.1, -0.05) is 5.11 Å². The zero-order chi connectivity index (χ0) is 13.0. The molecular weight excluding hydrogens is 234 g/mol. The van der Waals surface area contributed by atoms with Crippen LogP contribution in [0.3, 0.4) is 0 Å². The van der Waals surface area contributed by atoms with E-state index in [1.807, 2.05) is 0 Å². The maximum atomic E-state index is 11.9. The van der Waals surface area contributed by atoms with Gasteiger partial charge in [0.05, 0.1) is 12.8 Å². The molecule has 1 atom stereocenters. The normalized spacial score (nSPS) is 18.6. The lowest BCUT2D eigenvalue weighted by molar-refractivity contribution is -0.117. The van der Waals surface area contributed by atoms with Crippen LogP contribution < -0.4 is 9.64 Å². The first-order chi connectivity index (χ1) is 8.74. The second-order valence-electron chi connectivity index (χ2n) is 4.04. The molecule has 94 valence electrons. The van der Waals surface area contributed by atoms with Gasteiger partial charge in [0.15, 0.2) is 0 Å². The summed E-state index contributed by atoms with van der Waals surface area (Å²) < 4.78 is 5.03. The summed E-state index contributed by atoms with van der Waals surface area (Å²) in [5, 5.41) is 3.51. The summed E-state index contributed by atoms with van der Waals surface area (Å²) in [5.74, 6) is 0.577. The number of anilines is 1. The van der Waals surface area contributed by atoms with E-state index in [4.69, 9.17) is 10.3 Å². The van der Waals surface area contributed by atoms with E-state index >= 15 is 0 Å². The van der Waals surface area contributed by atoms with Crippen LogP contribution in [0.2, 0.25) is 0 Å². The highest BCUT2D eigenvalue weighted by molar-refractivity contribution is 5.95. The van der Waals surface area contributed by atoms with Crippen LogP contribution in [0.4, 0.5) is 5.69 Å². The number of carbonyl (C=O) groups excluding carboxylic acids is 1. The molecule has 1 fully saturated rings. The van der Waals surface area contributed by atoms with Gasteiger partial charge in [-0.05, 0) is 17.5 Å². The van der Waals surface area contributed by atoms with Crippen LogP contribution in [-0.4, -0.2) is 31.1 Å². The summed E-state index contributed by atoms with van der Waals surface area (Å²) in [6.07, 6.45) is 2.01. The van der Waals surface area contributed by atoms with Crippen molar-refractivity contribution in [3.8, 4) is 5.88 Å². The van der Waals surface area contributed by atoms with Gasteiger partial charge in [-0.15, -0.1) is 0 Å². The number of hydrogen-bond donors (Lipinski definition) is 0. The lowest BCUT2D eigenvalue weighted by Crippen LogP contribution is -2.24. The minimum Gasteiger partial charge on any atom is -0.481 e. The molecule has 0 radical (unpaired) electrons. The van der Waals surface area contributed by atoms with Crippen molar-refractivity contribution in [2.75, 3.05) is 25.1 Å². The predicted octanol–water partition coefficient (Wildman–Crippen LogP) is 1.75. The summed E-state index contributed by atoms with van der Waals surface area (Å²) >= 11 is 0. The van der Waals surface area contributed by atoms with Crippen LogP contribution >= 0.6 is 0 Å². The van der Waals surface area contributed by atoms with Gasteiger partial charge in [0.25, 0.3) is 0 Å². The number of pyridine rings is 1. The maximum Gasteiger partial charge on any atom is 0.227 e. The van der Waals surface area contributed by atoms with Crippen LogP contribution in [0.15, 0.2) is 23.4 Å². The van der Waals surface area contributed by atoms with Gasteiger partial charge in [0.1, 0.15) is 0 Å². The molecule has 0 spiro atoms. The highest BCUT2D eigenvalue weighted by atomic mass is 16.5. The molecule has 7 nitrogen and oxygen atoms in total. The van der Waals surface area contributed by atoms with E-state index in [2.05, 4.69) is 15.0 Å². The second-order valence-corrected chi connectivity index (χ2v) is 4.04. The minimum atomic E-state index is 0.0291. The third-order valence-electron chi connectivity index (χ3n) is 2.85. The first-order valence-corrected chi connectivity index (χ1v) is 5.56. The Morgan fingerprint density at radius 3 is 3.28 bits per heavy atom. The van der Waals surface area contributed by atoms with Crippen molar-refractivity contribution in [2.45, 2.75) is 6.42 Å². The van der Waals surface area contributed by atoms with Gasteiger partial charge in [0, 0.05) is 36.7 Å². The van der Waals surface area contributed by atoms with Crippen LogP contribution in [0.5, 0.6) is 5.88 Å². The summed E-state index contributed by atoms with van der Waals surface area (Å²) in [6.45, 7) is 0.909. The molecule has 2 rings (SSSR count). The fourth-order valence-electron chi connectivity index (χ4n) is 1.98. The number of hydrogen-bond acceptors (Lipinski definition) is 4. The molecule has 0 bridgehead atoms. The van der Waals surface area contributed by atoms with Gasteiger partial charge in [-0.25, -0.2) is 4.98 Å². The van der Waals surface area contributed by atoms with Gasteiger partial charge in [-0.2, -0.15) is 0 Å². The van der Waals surface area contributed by atoms with E-state index < -0.39 is 0 Å². The zero-order valence-electron chi connectivity index (χ0n) is 9.98. The van der Waals surface area contributed by atoms with Crippen molar-refractivity contribution >= 4 is 11.6 Å². The molecule has 1 aromatic heterocycles. The summed E-state index contributed by atoms with van der Waals surface area (Å²) in [7, 11) is 1.53. The number of carbonyl (C=O) groups is 1. The third kappa shape index (κ3) is 2.52. The van der Waals surface area contributed by atoms with E-state index in [1.165, 1.54) is 7.11 Å². The molecular formula is C11H13N5O2. The van der Waals surface area contributed by atoms with Crippen LogP contribution in [-0.2, 0) is 4.79 Å². The number of ether oxygens (including phenoxy) is 1. The molecule has 0 aliphatic carbocycles. The third-order valence-corrected chi connectivity index (χ3v) is 2.85. The number of azide groups is 1. The fraction of sp³-hybridized carbons (Fsp3) is 0.455. The molecule has 1 aliphatic rings. The predicted molar refractivity (Wildman–Crippen MR) is 65.3 cm³/mol. The Labute approximate surface area is 104 Å². The van der Waals surface area contributed by atoms with Gasteiger partial charge < -0.3 is 9.64 Å². The molecule has 2 heterocycles. The van der Waals surface area contributed by atoms with E-state index in [0.717, 1.165) is 5.69 Å². The summed E-state index contributed by atoms with van der Waals surface area (Å²) in [5.41, 5.74) is 9.04. The molecule has 0 saturated carbocycles. The van der Waals surface area contributed by atoms with Gasteiger partial charge in [-0.3, -0.25) is 4.79 Å². The molecule has 18 heavy (non-hydrogen) atoms. The number of amides is 1. The molecule has 1 aromatic rings. The average Bonchev–Trinajstić information content (AvgIpc) is 2.77. The molecule has 1 unspecified atom stereocenters. The van der Waals surface area contributed by atoms with Crippen molar-refractivity contribution < 1.29 is 9.53 Å². The number of nitrogens with zero attached hydrogens (tertiary/aromatic N) is 5. The molecule has 1 amide bonds. The smallest absolute Gasteiger partial charge is 0.227 e. The lowest BCUT2D eigenvalue weighted by atomic mass is 10.1. The van der Waals surface area contributed by atoms with Crippen molar-refractivity contribution in [3.63, 3.8) is 0 Å². The Morgan fingerprint density at radius 2 is 2.56 bits per heavy atom. The fourth-order valence-corrected chi connectivity index (χ4v) is 1.98. The molecule has 1 saturated heterocycles. The van der Waals surface area contributed by atoms with Crippen molar-refractivity contribution in [1.29, 1.82) is 0 Å². The van der Waals surface area contributed by atoms with Crippen molar-refractivity contribution in [2.24, 2.45) is 11.0 Å². The molecule has 7 heteroatoms. The highest BCUT2D eigenvalue weighted by Crippen LogP contribution is 2.26. The van der Waals surface area contributed by atoms with E-state index in [1.54, 1.807) is 23.2 Å². The average molecular weight is 247 g/mol. The maximum absolute atomic E-state index is 11.9. The van der Waals surface area contributed by atoms with Crippen molar-refractivity contribution in [1.82, 2.24) is 4.98 Å². The summed E-state index contributed by atoms with van der Waals surface area (Å²) in [6, 6.07) is 3.48. The Bertz CT molecular complexity index is 498. The van der Waals surface area contributed by atoms with Crippen molar-refractivity contribution in [3.05, 3.63) is 28.8 Å². The minimum absolute atomic E-state index is 0.0291. The SMILES string of the molecule is COc1cc(N2CC(CN=[N+]=[N-])CC2=O)ccn1. The van der Waals surface area contributed by atoms with Gasteiger partial charge >= 0.3 is 0 Å². The van der Waals surface area contributed by atoms with E-state index in [-0.39, 0.29) is 11.8 Å². The van der Waals surface area contributed by atoms with Crippen LogP contribution in [0.1, 0.15) is 6.42 Å². The van der Waals surface area contributed by atoms with Gasteiger partial charge in [0.2, 0.25) is 11.8 Å². The molecule has 0 N–H and O–H groups in total. The highest BCUT2D eigenvalue weighted by Gasteiger charge is 2.30. The number of methoxy groups -OCH3 is 1. The quantitative estimate of drug-likeness (QED) is 0.461. The Hall–Kier alpha value is -2.27.